The lowest BCUT2D eigenvalue weighted by Crippen LogP contribution is -2.48. The van der Waals surface area contributed by atoms with E-state index in [1.54, 1.807) is 6.20 Å². The van der Waals surface area contributed by atoms with Gasteiger partial charge in [0.15, 0.2) is 0 Å². The molecular formula is C37H41F5N6O7. The molecule has 2 unspecified atom stereocenters. The van der Waals surface area contributed by atoms with Gasteiger partial charge in [-0.3, -0.25) is 24.1 Å². The van der Waals surface area contributed by atoms with E-state index in [1.165, 1.54) is 17.1 Å². The number of aliphatic hydroxyl groups is 1. The summed E-state index contributed by atoms with van der Waals surface area (Å²) in [5.74, 6) is -6.28. The zero-order valence-corrected chi connectivity index (χ0v) is 30.1. The molecule has 13 nitrogen and oxygen atoms in total. The number of rotatable bonds is 12. The summed E-state index contributed by atoms with van der Waals surface area (Å²) in [4.78, 5) is 67.0. The third kappa shape index (κ3) is 10.8. The minimum absolute atomic E-state index is 0.0272. The number of imide groups is 1. The number of amides is 4. The van der Waals surface area contributed by atoms with Crippen LogP contribution < -0.4 is 10.6 Å². The van der Waals surface area contributed by atoms with Gasteiger partial charge >= 0.3 is 12.1 Å². The van der Waals surface area contributed by atoms with E-state index in [9.17, 15) is 41.8 Å². The van der Waals surface area contributed by atoms with Crippen molar-refractivity contribution in [3.8, 4) is 11.3 Å². The molecule has 4 N–H and O–H groups in total. The molecule has 2 aliphatic heterocycles. The van der Waals surface area contributed by atoms with E-state index < -0.39 is 65.5 Å². The lowest BCUT2D eigenvalue weighted by Gasteiger charge is -2.41. The van der Waals surface area contributed by atoms with Gasteiger partial charge in [0.2, 0.25) is 11.8 Å². The van der Waals surface area contributed by atoms with Crippen LogP contribution in [0.3, 0.4) is 0 Å². The second-order valence-corrected chi connectivity index (χ2v) is 14.0. The summed E-state index contributed by atoms with van der Waals surface area (Å²) in [6, 6.07) is 11.9. The van der Waals surface area contributed by atoms with Crippen molar-refractivity contribution in [3.05, 3.63) is 89.9 Å². The van der Waals surface area contributed by atoms with Crippen molar-refractivity contribution in [3.63, 3.8) is 0 Å². The van der Waals surface area contributed by atoms with Gasteiger partial charge in [0.1, 0.15) is 24.1 Å². The minimum Gasteiger partial charge on any atom is -0.475 e. The molecule has 2 aliphatic rings. The van der Waals surface area contributed by atoms with E-state index >= 15 is 4.39 Å². The number of aliphatic carboxylic acids is 1. The molecule has 3 atom stereocenters. The maximum Gasteiger partial charge on any atom is 0.490 e. The van der Waals surface area contributed by atoms with Crippen molar-refractivity contribution in [2.75, 3.05) is 39.3 Å². The zero-order valence-electron chi connectivity index (χ0n) is 30.1. The number of carboxylic acids is 1. The van der Waals surface area contributed by atoms with Crippen molar-refractivity contribution >= 4 is 29.6 Å². The molecule has 4 amide bonds. The predicted octanol–water partition coefficient (Wildman–Crippen LogP) is 3.29. The standard InChI is InChI=1S/C35H40F2N6O5.C2HF3O2/c1-35(2,3)32(33-40-28(25-15-24(36)9-10-27(25)37)20-41(33)18-22-7-5-4-6-8-22)43(31(47)21-44)19-23-16-38-17-26(23)34(48)39-13-14-42-29(45)11-12-30(42)46;3-2(4,5)1(6)7/h4-12,15,20,23,26,32,38,44H,13-14,16-19,21H2,1-3H3,(H,39,48);(H,6,7)/t23?,26?,32-;/m0./s1. The highest BCUT2D eigenvalue weighted by Crippen LogP contribution is 2.40. The smallest absolute Gasteiger partial charge is 0.475 e. The van der Waals surface area contributed by atoms with Gasteiger partial charge in [-0.15, -0.1) is 0 Å². The molecule has 2 aromatic carbocycles. The number of carbonyl (C=O) groups excluding carboxylic acids is 4. The maximum absolute atomic E-state index is 15.0. The Morgan fingerprint density at radius 3 is 2.24 bits per heavy atom. The fourth-order valence-electron chi connectivity index (χ4n) is 6.37. The van der Waals surface area contributed by atoms with Gasteiger partial charge in [0.25, 0.3) is 11.8 Å². The molecule has 296 valence electrons. The highest BCUT2D eigenvalue weighted by Gasteiger charge is 2.42. The van der Waals surface area contributed by atoms with Crippen LogP contribution in [0.15, 0.2) is 66.9 Å². The molecular weight excluding hydrogens is 735 g/mol. The van der Waals surface area contributed by atoms with E-state index in [0.29, 0.717) is 25.5 Å². The molecule has 3 heterocycles. The average Bonchev–Trinajstić information content (AvgIpc) is 3.84. The van der Waals surface area contributed by atoms with Gasteiger partial charge in [0.05, 0.1) is 17.7 Å². The molecule has 18 heteroatoms. The fraction of sp³-hybridized carbons (Fsp3) is 0.405. The van der Waals surface area contributed by atoms with E-state index in [2.05, 4.69) is 10.6 Å². The number of carboxylic acid groups (broad SMARTS) is 1. The predicted molar refractivity (Wildman–Crippen MR) is 187 cm³/mol. The van der Waals surface area contributed by atoms with Gasteiger partial charge < -0.3 is 30.3 Å². The Morgan fingerprint density at radius 1 is 1.02 bits per heavy atom. The van der Waals surface area contributed by atoms with Crippen molar-refractivity contribution in [2.24, 2.45) is 17.3 Å². The number of alkyl halides is 3. The molecule has 1 saturated heterocycles. The van der Waals surface area contributed by atoms with Gasteiger partial charge in [-0.2, -0.15) is 13.2 Å². The first-order chi connectivity index (χ1) is 25.8. The van der Waals surface area contributed by atoms with Crippen LogP contribution in [0.1, 0.15) is 38.2 Å². The molecule has 55 heavy (non-hydrogen) atoms. The Hall–Kier alpha value is -5.49. The minimum atomic E-state index is -5.08. The number of nitrogens with zero attached hydrogens (tertiary/aromatic N) is 4. The summed E-state index contributed by atoms with van der Waals surface area (Å²) in [6.45, 7) is 6.23. The van der Waals surface area contributed by atoms with Gasteiger partial charge in [-0.1, -0.05) is 51.1 Å². The van der Waals surface area contributed by atoms with Crippen LogP contribution in [-0.4, -0.2) is 105 Å². The van der Waals surface area contributed by atoms with E-state index in [-0.39, 0.29) is 42.7 Å². The van der Waals surface area contributed by atoms with Gasteiger partial charge in [0, 0.05) is 69.1 Å². The summed E-state index contributed by atoms with van der Waals surface area (Å²) in [6.07, 6.45) is -1.08. The SMILES string of the molecule is CC(C)(C)[C@H](c1nc(-c2cc(F)ccc2F)cn1Cc1ccccc1)N(CC1CNCC1C(=O)NCCN1C(=O)C=CC1=O)C(=O)CO.O=C(O)C(F)(F)F. The van der Waals surface area contributed by atoms with Crippen LogP contribution in [0.5, 0.6) is 0 Å². The quantitative estimate of drug-likeness (QED) is 0.159. The van der Waals surface area contributed by atoms with E-state index in [4.69, 9.17) is 14.9 Å². The Bertz CT molecular complexity index is 1890. The first kappa shape index (κ1) is 42.3. The van der Waals surface area contributed by atoms with Crippen LogP contribution >= 0.6 is 0 Å². The van der Waals surface area contributed by atoms with Crippen LogP contribution in [0.4, 0.5) is 22.0 Å². The van der Waals surface area contributed by atoms with Crippen LogP contribution in [0.25, 0.3) is 11.3 Å². The first-order valence-electron chi connectivity index (χ1n) is 17.1. The van der Waals surface area contributed by atoms with Crippen molar-refractivity contribution in [1.29, 1.82) is 0 Å². The number of halogens is 5. The lowest BCUT2D eigenvalue weighted by atomic mass is 9.83. The third-order valence-corrected chi connectivity index (χ3v) is 8.93. The second kappa shape index (κ2) is 17.8. The number of hydrogen-bond acceptors (Lipinski definition) is 8. The Morgan fingerprint density at radius 2 is 1.65 bits per heavy atom. The summed E-state index contributed by atoms with van der Waals surface area (Å²) < 4.78 is 62.8. The van der Waals surface area contributed by atoms with Crippen LogP contribution in [-0.2, 0) is 30.5 Å². The summed E-state index contributed by atoms with van der Waals surface area (Å²) in [5, 5.41) is 23.3. The molecule has 3 aromatic rings. The van der Waals surface area contributed by atoms with Gasteiger partial charge in [-0.05, 0) is 29.2 Å². The number of benzene rings is 2. The molecule has 5 rings (SSSR count). The topological polar surface area (TPSA) is 174 Å². The molecule has 0 aliphatic carbocycles. The largest absolute Gasteiger partial charge is 0.490 e. The highest BCUT2D eigenvalue weighted by molar-refractivity contribution is 6.12. The lowest BCUT2D eigenvalue weighted by molar-refractivity contribution is -0.192. The molecule has 1 fully saturated rings. The van der Waals surface area contributed by atoms with Crippen molar-refractivity contribution < 1.29 is 56.1 Å². The van der Waals surface area contributed by atoms with Gasteiger partial charge in [-0.25, -0.2) is 18.6 Å². The molecule has 1 aromatic heterocycles. The number of carbonyl (C=O) groups is 5. The summed E-state index contributed by atoms with van der Waals surface area (Å²) >= 11 is 0. The second-order valence-electron chi connectivity index (χ2n) is 14.0. The number of hydrogen-bond donors (Lipinski definition) is 4. The number of imidazole rings is 1. The van der Waals surface area contributed by atoms with E-state index in [1.807, 2.05) is 55.7 Å². The van der Waals surface area contributed by atoms with Crippen molar-refractivity contribution in [2.45, 2.75) is 39.5 Å². The molecule has 0 bridgehead atoms. The monoisotopic (exact) mass is 776 g/mol. The number of aliphatic hydroxyl groups excluding tert-OH is 1. The van der Waals surface area contributed by atoms with Crippen LogP contribution in [0.2, 0.25) is 0 Å². The maximum atomic E-state index is 15.0. The molecule has 0 radical (unpaired) electrons. The number of aromatic nitrogens is 2. The average molecular weight is 777 g/mol. The Kier molecular flexibility index (Phi) is 13.6. The number of nitrogens with one attached hydrogen (secondary N) is 2. The first-order valence-corrected chi connectivity index (χ1v) is 17.1. The highest BCUT2D eigenvalue weighted by atomic mass is 19.4. The normalized spacial score (nSPS) is 17.5. The van der Waals surface area contributed by atoms with Crippen molar-refractivity contribution in [1.82, 2.24) is 30.0 Å². The Labute approximate surface area is 312 Å². The zero-order chi connectivity index (χ0) is 40.7. The van der Waals surface area contributed by atoms with Crippen LogP contribution in [0, 0.1) is 28.9 Å². The molecule has 0 spiro atoms. The van der Waals surface area contributed by atoms with E-state index in [0.717, 1.165) is 28.7 Å². The molecule has 0 saturated carbocycles. The summed E-state index contributed by atoms with van der Waals surface area (Å²) in [7, 11) is 0. The summed E-state index contributed by atoms with van der Waals surface area (Å²) in [5.41, 5.74) is 0.406. The fourth-order valence-corrected chi connectivity index (χ4v) is 6.37. The Balaban J connectivity index is 0.000000876. The third-order valence-electron chi connectivity index (χ3n) is 8.93.